The van der Waals surface area contributed by atoms with Crippen LogP contribution in [0.25, 0.3) is 0 Å². The van der Waals surface area contributed by atoms with Gasteiger partial charge >= 0.3 is 5.97 Å². The number of ether oxygens (including phenoxy) is 1. The van der Waals surface area contributed by atoms with E-state index in [0.29, 0.717) is 5.56 Å². The largest absolute Gasteiger partial charge is 0.467 e. The second-order valence-corrected chi connectivity index (χ2v) is 5.75. The summed E-state index contributed by atoms with van der Waals surface area (Å²) < 4.78 is 18.0. The molecule has 1 atom stereocenters. The predicted octanol–water partition coefficient (Wildman–Crippen LogP) is 2.61. The number of carbonyl (C=O) groups is 2. The summed E-state index contributed by atoms with van der Waals surface area (Å²) in [5.74, 6) is -1.01. The van der Waals surface area contributed by atoms with Gasteiger partial charge in [-0.15, -0.1) is 0 Å². The Morgan fingerprint density at radius 3 is 2.68 bits per heavy atom. The van der Waals surface area contributed by atoms with Crippen molar-refractivity contribution >= 4 is 11.9 Å². The van der Waals surface area contributed by atoms with Gasteiger partial charge in [0.05, 0.1) is 7.11 Å². The highest BCUT2D eigenvalue weighted by atomic mass is 19.1. The van der Waals surface area contributed by atoms with E-state index in [4.69, 9.17) is 4.74 Å². The molecule has 1 aromatic rings. The quantitative estimate of drug-likeness (QED) is 0.851. The van der Waals surface area contributed by atoms with Crippen LogP contribution in [0.15, 0.2) is 24.3 Å². The van der Waals surface area contributed by atoms with E-state index >= 15 is 0 Å². The fraction of sp³-hybridized carbons (Fsp3) is 0.529. The van der Waals surface area contributed by atoms with Crippen LogP contribution >= 0.6 is 0 Å². The minimum Gasteiger partial charge on any atom is -0.467 e. The third-order valence-corrected chi connectivity index (χ3v) is 4.11. The van der Waals surface area contributed by atoms with E-state index in [0.717, 1.165) is 32.1 Å². The Bertz CT molecular complexity index is 526. The lowest BCUT2D eigenvalue weighted by Gasteiger charge is -2.24. The van der Waals surface area contributed by atoms with Crippen LogP contribution in [0.5, 0.6) is 0 Å². The van der Waals surface area contributed by atoms with Gasteiger partial charge in [-0.05, 0) is 30.5 Å². The molecule has 0 spiro atoms. The van der Waals surface area contributed by atoms with Crippen molar-refractivity contribution in [1.29, 1.82) is 0 Å². The fourth-order valence-electron chi connectivity index (χ4n) is 2.89. The Hall–Kier alpha value is -1.91. The van der Waals surface area contributed by atoms with Crippen LogP contribution in [0.2, 0.25) is 0 Å². The Kier molecular flexibility index (Phi) is 5.92. The molecule has 1 aliphatic carbocycles. The monoisotopic (exact) mass is 307 g/mol. The van der Waals surface area contributed by atoms with Gasteiger partial charge in [-0.2, -0.15) is 0 Å². The molecule has 1 aliphatic rings. The normalized spacial score (nSPS) is 16.8. The Morgan fingerprint density at radius 1 is 1.32 bits per heavy atom. The van der Waals surface area contributed by atoms with E-state index in [2.05, 4.69) is 5.32 Å². The molecule has 22 heavy (non-hydrogen) atoms. The standard InChI is InChI=1S/C17H22FNO3/c1-22-17(21)15(11-12-6-5-9-14(18)10-12)19-16(20)13-7-3-2-4-8-13/h5-6,9-10,13,15H,2-4,7-8,11H2,1H3,(H,19,20)/t15-/m0/s1. The van der Waals surface area contributed by atoms with Gasteiger partial charge in [0.25, 0.3) is 0 Å². The van der Waals surface area contributed by atoms with Gasteiger partial charge < -0.3 is 10.1 Å². The summed E-state index contributed by atoms with van der Waals surface area (Å²) in [5.41, 5.74) is 0.652. The lowest BCUT2D eigenvalue weighted by Crippen LogP contribution is -2.45. The van der Waals surface area contributed by atoms with Gasteiger partial charge in [-0.3, -0.25) is 4.79 Å². The number of hydrogen-bond donors (Lipinski definition) is 1. The number of methoxy groups -OCH3 is 1. The van der Waals surface area contributed by atoms with E-state index in [1.54, 1.807) is 12.1 Å². The molecule has 1 fully saturated rings. The van der Waals surface area contributed by atoms with E-state index < -0.39 is 12.0 Å². The third kappa shape index (κ3) is 4.55. The number of rotatable bonds is 5. The van der Waals surface area contributed by atoms with Crippen molar-refractivity contribution in [3.05, 3.63) is 35.6 Å². The van der Waals surface area contributed by atoms with Gasteiger partial charge in [0, 0.05) is 12.3 Å². The number of nitrogens with one attached hydrogen (secondary N) is 1. The Morgan fingerprint density at radius 2 is 2.05 bits per heavy atom. The summed E-state index contributed by atoms with van der Waals surface area (Å²) in [5, 5.41) is 2.77. The molecular weight excluding hydrogens is 285 g/mol. The summed E-state index contributed by atoms with van der Waals surface area (Å²) in [6, 6.07) is 5.24. The van der Waals surface area contributed by atoms with Crippen LogP contribution in [0.4, 0.5) is 4.39 Å². The molecular formula is C17H22FNO3. The summed E-state index contributed by atoms with van der Waals surface area (Å²) in [6.07, 6.45) is 5.20. The molecule has 1 aromatic carbocycles. The number of halogens is 1. The van der Waals surface area contributed by atoms with Gasteiger partial charge in [0.1, 0.15) is 11.9 Å². The highest BCUT2D eigenvalue weighted by molar-refractivity contribution is 5.86. The summed E-state index contributed by atoms with van der Waals surface area (Å²) in [4.78, 5) is 24.2. The first-order valence-corrected chi connectivity index (χ1v) is 7.73. The maximum Gasteiger partial charge on any atom is 0.328 e. The van der Waals surface area contributed by atoms with Gasteiger partial charge in [-0.25, -0.2) is 9.18 Å². The number of hydrogen-bond acceptors (Lipinski definition) is 3. The third-order valence-electron chi connectivity index (χ3n) is 4.11. The average molecular weight is 307 g/mol. The molecule has 120 valence electrons. The zero-order valence-electron chi connectivity index (χ0n) is 12.8. The highest BCUT2D eigenvalue weighted by Crippen LogP contribution is 2.24. The van der Waals surface area contributed by atoms with Crippen molar-refractivity contribution in [2.75, 3.05) is 7.11 Å². The molecule has 0 saturated heterocycles. The topological polar surface area (TPSA) is 55.4 Å². The summed E-state index contributed by atoms with van der Waals surface area (Å²) in [6.45, 7) is 0. The molecule has 5 heteroatoms. The molecule has 0 radical (unpaired) electrons. The van der Waals surface area contributed by atoms with Gasteiger partial charge in [0.15, 0.2) is 0 Å². The fourth-order valence-corrected chi connectivity index (χ4v) is 2.89. The Balaban J connectivity index is 2.02. The minimum absolute atomic E-state index is 0.0339. The molecule has 0 heterocycles. The first-order chi connectivity index (χ1) is 10.6. The molecule has 2 rings (SSSR count). The zero-order valence-corrected chi connectivity index (χ0v) is 12.8. The van der Waals surface area contributed by atoms with Crippen LogP contribution in [-0.4, -0.2) is 25.0 Å². The second kappa shape index (κ2) is 7.92. The van der Waals surface area contributed by atoms with Crippen LogP contribution in [0, 0.1) is 11.7 Å². The minimum atomic E-state index is -0.777. The van der Waals surface area contributed by atoms with Crippen molar-refractivity contribution in [2.45, 2.75) is 44.6 Å². The predicted molar refractivity (Wildman–Crippen MR) is 80.6 cm³/mol. The first kappa shape index (κ1) is 16.5. The molecule has 0 bridgehead atoms. The SMILES string of the molecule is COC(=O)[C@H](Cc1cccc(F)c1)NC(=O)C1CCCCC1. The van der Waals surface area contributed by atoms with Crippen LogP contribution in [0.1, 0.15) is 37.7 Å². The van der Waals surface area contributed by atoms with E-state index in [1.165, 1.54) is 19.2 Å². The van der Waals surface area contributed by atoms with Crippen molar-refractivity contribution in [3.63, 3.8) is 0 Å². The lowest BCUT2D eigenvalue weighted by molar-refractivity contribution is -0.145. The maximum absolute atomic E-state index is 13.3. The van der Waals surface area contributed by atoms with E-state index in [1.807, 2.05) is 0 Å². The first-order valence-electron chi connectivity index (χ1n) is 7.73. The molecule has 0 aliphatic heterocycles. The van der Waals surface area contributed by atoms with Gasteiger partial charge in [0.2, 0.25) is 5.91 Å². The van der Waals surface area contributed by atoms with Crippen molar-refractivity contribution in [2.24, 2.45) is 5.92 Å². The van der Waals surface area contributed by atoms with E-state index in [-0.39, 0.29) is 24.1 Å². The Labute approximate surface area is 130 Å². The molecule has 0 unspecified atom stereocenters. The summed E-state index contributed by atoms with van der Waals surface area (Å²) in [7, 11) is 1.29. The lowest BCUT2D eigenvalue weighted by atomic mass is 9.88. The molecule has 1 N–H and O–H groups in total. The smallest absolute Gasteiger partial charge is 0.328 e. The zero-order chi connectivity index (χ0) is 15.9. The van der Waals surface area contributed by atoms with E-state index in [9.17, 15) is 14.0 Å². The number of amides is 1. The van der Waals surface area contributed by atoms with Crippen molar-refractivity contribution in [3.8, 4) is 0 Å². The van der Waals surface area contributed by atoms with Crippen molar-refractivity contribution < 1.29 is 18.7 Å². The molecule has 1 amide bonds. The van der Waals surface area contributed by atoms with Crippen molar-refractivity contribution in [1.82, 2.24) is 5.32 Å². The maximum atomic E-state index is 13.3. The van der Waals surface area contributed by atoms with Crippen LogP contribution in [-0.2, 0) is 20.7 Å². The van der Waals surface area contributed by atoms with Crippen LogP contribution in [0.3, 0.4) is 0 Å². The molecule has 4 nitrogen and oxygen atoms in total. The number of benzene rings is 1. The summed E-state index contributed by atoms with van der Waals surface area (Å²) >= 11 is 0. The van der Waals surface area contributed by atoms with Gasteiger partial charge in [-0.1, -0.05) is 31.4 Å². The number of esters is 1. The second-order valence-electron chi connectivity index (χ2n) is 5.75. The van der Waals surface area contributed by atoms with Crippen LogP contribution < -0.4 is 5.32 Å². The average Bonchev–Trinajstić information content (AvgIpc) is 2.54. The molecule has 0 aromatic heterocycles. The molecule has 1 saturated carbocycles. The highest BCUT2D eigenvalue weighted by Gasteiger charge is 2.27. The number of carbonyl (C=O) groups excluding carboxylic acids is 2.